The van der Waals surface area contributed by atoms with Crippen LogP contribution in [0.4, 0.5) is 25.4 Å². The fourth-order valence-electron chi connectivity index (χ4n) is 8.56. The Morgan fingerprint density at radius 3 is 2.58 bits per heavy atom. The van der Waals surface area contributed by atoms with Gasteiger partial charge in [0.05, 0.1) is 24.0 Å². The van der Waals surface area contributed by atoms with E-state index in [-0.39, 0.29) is 35.5 Å². The molecule has 4 aromatic heterocycles. The number of aliphatic hydroxyl groups is 1. The Morgan fingerprint density at radius 2 is 1.84 bits per heavy atom. The highest BCUT2D eigenvalue weighted by atomic mass is 32.1. The summed E-state index contributed by atoms with van der Waals surface area (Å²) >= 11 is 1.31. The second-order valence-corrected chi connectivity index (χ2v) is 16.2. The van der Waals surface area contributed by atoms with Gasteiger partial charge < -0.3 is 25.2 Å². The lowest BCUT2D eigenvalue weighted by molar-refractivity contribution is -0.138. The van der Waals surface area contributed by atoms with Crippen molar-refractivity contribution >= 4 is 50.7 Å². The van der Waals surface area contributed by atoms with Crippen LogP contribution < -0.4 is 16.0 Å². The first-order valence-electron chi connectivity index (χ1n) is 19.3. The van der Waals surface area contributed by atoms with Crippen molar-refractivity contribution in [1.29, 1.82) is 0 Å². The van der Waals surface area contributed by atoms with Gasteiger partial charge in [-0.15, -0.1) is 11.3 Å². The van der Waals surface area contributed by atoms with Crippen molar-refractivity contribution in [2.75, 3.05) is 42.1 Å². The molecule has 0 aliphatic carbocycles. The Balaban J connectivity index is 0.851. The first kappa shape index (κ1) is 36.9. The van der Waals surface area contributed by atoms with Gasteiger partial charge in [0.2, 0.25) is 5.91 Å². The van der Waals surface area contributed by atoms with Crippen LogP contribution in [-0.4, -0.2) is 82.9 Å². The molecule has 1 atom stereocenters. The number of amides is 2. The third kappa shape index (κ3) is 7.23. The number of nitrogens with zero attached hydrogens (tertiary/aromatic N) is 8. The molecule has 0 saturated carbocycles. The van der Waals surface area contributed by atoms with Gasteiger partial charge in [-0.1, -0.05) is 18.2 Å². The first-order chi connectivity index (χ1) is 27.6. The van der Waals surface area contributed by atoms with Crippen LogP contribution in [0.5, 0.6) is 0 Å². The number of rotatable bonds is 9. The van der Waals surface area contributed by atoms with E-state index in [1.807, 2.05) is 16.7 Å². The number of nitrogen functional groups attached to an aromatic ring is 1. The Morgan fingerprint density at radius 1 is 1.02 bits per heavy atom. The number of benzene rings is 2. The van der Waals surface area contributed by atoms with Crippen LogP contribution in [0.2, 0.25) is 0 Å². The molecule has 16 heteroatoms. The second kappa shape index (κ2) is 15.0. The monoisotopic (exact) mass is 792 g/mol. The second-order valence-electron chi connectivity index (χ2n) is 15.3. The van der Waals surface area contributed by atoms with Gasteiger partial charge in [0.25, 0.3) is 5.91 Å². The number of anilines is 3. The number of likely N-dealkylation sites (tertiary alicyclic amines) is 1. The Kier molecular flexibility index (Phi) is 9.68. The summed E-state index contributed by atoms with van der Waals surface area (Å²) in [5.74, 6) is -0.566. The molecule has 294 valence electrons. The van der Waals surface area contributed by atoms with E-state index in [1.54, 1.807) is 59.5 Å². The van der Waals surface area contributed by atoms with Gasteiger partial charge in [-0.25, -0.2) is 23.7 Å². The number of thiazole rings is 1. The first-order valence-corrected chi connectivity index (χ1v) is 20.2. The van der Waals surface area contributed by atoms with Gasteiger partial charge in [-0.05, 0) is 74.3 Å². The molecule has 2 saturated heterocycles. The molecule has 1 unspecified atom stereocenters. The predicted octanol–water partition coefficient (Wildman–Crippen LogP) is 5.91. The average molecular weight is 793 g/mol. The SMILES string of the molecule is Nc1ccc(C2CCN(C(=O)CC3(O)CCN(c4ccc(-c5ccc6cn(C(C(=O)Nc7nccs7)c7ncn8c7CCC8)nc6c5F)cn4)CC3)CC2)c(F)c1. The van der Waals surface area contributed by atoms with E-state index in [0.717, 1.165) is 25.1 Å². The maximum absolute atomic E-state index is 16.3. The summed E-state index contributed by atoms with van der Waals surface area (Å²) in [7, 11) is 0. The Labute approximate surface area is 331 Å². The minimum Gasteiger partial charge on any atom is -0.399 e. The number of halogens is 2. The van der Waals surface area contributed by atoms with Crippen LogP contribution in [0.3, 0.4) is 0 Å². The van der Waals surface area contributed by atoms with Crippen molar-refractivity contribution in [1.82, 2.24) is 34.2 Å². The maximum atomic E-state index is 16.3. The van der Waals surface area contributed by atoms with Crippen molar-refractivity contribution in [2.45, 2.75) is 69.1 Å². The fourth-order valence-corrected chi connectivity index (χ4v) is 9.09. The molecule has 4 N–H and O–H groups in total. The molecule has 57 heavy (non-hydrogen) atoms. The highest BCUT2D eigenvalue weighted by Crippen LogP contribution is 2.35. The van der Waals surface area contributed by atoms with E-state index in [4.69, 9.17) is 5.73 Å². The zero-order valence-electron chi connectivity index (χ0n) is 31.2. The molecular weight excluding hydrogens is 751 g/mol. The van der Waals surface area contributed by atoms with Crippen molar-refractivity contribution < 1.29 is 23.5 Å². The number of pyridine rings is 1. The normalized spacial score (nSPS) is 17.5. The van der Waals surface area contributed by atoms with E-state index in [1.165, 1.54) is 22.1 Å². The summed E-state index contributed by atoms with van der Waals surface area (Å²) in [4.78, 5) is 44.3. The van der Waals surface area contributed by atoms with Crippen LogP contribution in [0, 0.1) is 11.6 Å². The van der Waals surface area contributed by atoms with Gasteiger partial charge in [0, 0.05) is 84.6 Å². The van der Waals surface area contributed by atoms with Crippen LogP contribution in [0.1, 0.15) is 67.4 Å². The summed E-state index contributed by atoms with van der Waals surface area (Å²) in [5, 5.41) is 21.7. The molecule has 0 spiro atoms. The number of aryl methyl sites for hydroxylation is 1. The molecule has 2 fully saturated rings. The topological polar surface area (TPSA) is 160 Å². The van der Waals surface area contributed by atoms with Crippen molar-refractivity contribution in [3.8, 4) is 11.1 Å². The minimum atomic E-state index is -1.13. The molecule has 7 heterocycles. The Bertz CT molecular complexity index is 2430. The predicted molar refractivity (Wildman–Crippen MR) is 213 cm³/mol. The van der Waals surface area contributed by atoms with Crippen molar-refractivity contribution in [3.63, 3.8) is 0 Å². The average Bonchev–Trinajstić information content (AvgIpc) is 4.03. The zero-order chi connectivity index (χ0) is 39.3. The molecule has 2 amide bonds. The van der Waals surface area contributed by atoms with Crippen LogP contribution in [-0.2, 0) is 22.6 Å². The maximum Gasteiger partial charge on any atom is 0.257 e. The highest BCUT2D eigenvalue weighted by molar-refractivity contribution is 7.13. The summed E-state index contributed by atoms with van der Waals surface area (Å²) < 4.78 is 34.3. The summed E-state index contributed by atoms with van der Waals surface area (Å²) in [6, 6.07) is 11.0. The summed E-state index contributed by atoms with van der Waals surface area (Å²) in [6.07, 6.45) is 10.5. The Hall–Kier alpha value is -5.74. The number of nitrogens with two attached hydrogens (primary N) is 1. The minimum absolute atomic E-state index is 0.0268. The number of imidazole rings is 1. The molecule has 3 aliphatic rings. The van der Waals surface area contributed by atoms with Gasteiger partial charge in [0.1, 0.15) is 17.2 Å². The lowest BCUT2D eigenvalue weighted by atomic mass is 9.86. The van der Waals surface area contributed by atoms with Gasteiger partial charge >= 0.3 is 0 Å². The summed E-state index contributed by atoms with van der Waals surface area (Å²) in [6.45, 7) is 2.86. The van der Waals surface area contributed by atoms with E-state index in [2.05, 4.69) is 30.3 Å². The van der Waals surface area contributed by atoms with E-state index < -0.39 is 17.5 Å². The lowest BCUT2D eigenvalue weighted by Gasteiger charge is -2.40. The zero-order valence-corrected chi connectivity index (χ0v) is 32.0. The standard InChI is InChI=1S/C41H42F2N10O3S/c42-31-20-28(44)5-7-29(31)25-9-15-51(16-10-25)34(54)21-41(56)11-17-50(18-12-41)33-8-4-26(22-46-33)30-6-3-27-23-53(49-36(27)35(30)43)38(39(55)48-40-45-13-19-57-40)37-32-2-1-14-52(32)24-47-37/h3-8,13,19-20,22-25,38,56H,1-2,9-12,14-18,21,44H2,(H,45,48,55). The highest BCUT2D eigenvalue weighted by Gasteiger charge is 2.37. The van der Waals surface area contributed by atoms with Crippen LogP contribution in [0.25, 0.3) is 22.0 Å². The largest absolute Gasteiger partial charge is 0.399 e. The fraction of sp³-hybridized carbons (Fsp3) is 0.366. The number of fused-ring (bicyclic) bond motifs is 2. The van der Waals surface area contributed by atoms with Crippen LogP contribution in [0.15, 0.2) is 72.8 Å². The molecule has 0 radical (unpaired) electrons. The number of aromatic nitrogens is 6. The molecular formula is C41H42F2N10O3S. The smallest absolute Gasteiger partial charge is 0.257 e. The van der Waals surface area contributed by atoms with Gasteiger partial charge in [0.15, 0.2) is 17.0 Å². The number of nitrogens with one attached hydrogen (secondary N) is 1. The van der Waals surface area contributed by atoms with E-state index in [9.17, 15) is 19.1 Å². The van der Waals surface area contributed by atoms with Crippen molar-refractivity contribution in [3.05, 3.63) is 101 Å². The molecule has 3 aliphatic heterocycles. The molecule has 13 nitrogen and oxygen atoms in total. The number of piperidine rings is 2. The lowest BCUT2D eigenvalue weighted by Crippen LogP contribution is -2.48. The molecule has 6 aromatic rings. The van der Waals surface area contributed by atoms with E-state index in [0.29, 0.717) is 96.3 Å². The molecule has 9 rings (SSSR count). The van der Waals surface area contributed by atoms with Gasteiger partial charge in [-0.2, -0.15) is 5.10 Å². The number of hydrogen-bond acceptors (Lipinski definition) is 10. The van der Waals surface area contributed by atoms with E-state index >= 15 is 4.39 Å². The molecule has 2 aromatic carbocycles. The van der Waals surface area contributed by atoms with Crippen LogP contribution >= 0.6 is 11.3 Å². The number of carbonyl (C=O) groups is 2. The third-order valence-corrected chi connectivity index (χ3v) is 12.4. The van der Waals surface area contributed by atoms with Gasteiger partial charge in [-0.3, -0.25) is 19.6 Å². The number of carbonyl (C=O) groups excluding carboxylic acids is 2. The molecule has 0 bridgehead atoms. The summed E-state index contributed by atoms with van der Waals surface area (Å²) in [5.41, 5.74) is 8.18. The van der Waals surface area contributed by atoms with Crippen molar-refractivity contribution in [2.24, 2.45) is 0 Å². The number of hydrogen-bond donors (Lipinski definition) is 3. The third-order valence-electron chi connectivity index (χ3n) is 11.7. The quantitative estimate of drug-likeness (QED) is 0.151.